The van der Waals surface area contributed by atoms with Crippen molar-refractivity contribution in [3.05, 3.63) is 60.2 Å². The molecule has 0 bridgehead atoms. The van der Waals surface area contributed by atoms with Crippen molar-refractivity contribution in [1.82, 2.24) is 0 Å². The van der Waals surface area contributed by atoms with Crippen LogP contribution < -0.4 is 0 Å². The highest BCUT2D eigenvalue weighted by Gasteiger charge is 2.39. The Labute approximate surface area is 167 Å². The Kier molecular flexibility index (Phi) is 9.58. The molecule has 5 nitrogen and oxygen atoms in total. The summed E-state index contributed by atoms with van der Waals surface area (Å²) in [6.45, 7) is 0. The zero-order valence-electron chi connectivity index (χ0n) is 16.2. The van der Waals surface area contributed by atoms with Gasteiger partial charge in [0.2, 0.25) is 0 Å². The summed E-state index contributed by atoms with van der Waals surface area (Å²) in [7, 11) is 0. The van der Waals surface area contributed by atoms with E-state index in [4.69, 9.17) is 0 Å². The van der Waals surface area contributed by atoms with E-state index >= 15 is 0 Å². The van der Waals surface area contributed by atoms with E-state index < -0.39 is 24.4 Å². The number of aldehydes is 1. The largest absolute Gasteiger partial charge is 0.393 e. The van der Waals surface area contributed by atoms with Crippen LogP contribution >= 0.6 is 0 Å². The zero-order valence-corrected chi connectivity index (χ0v) is 16.2. The maximum absolute atomic E-state index is 10.4. The quantitative estimate of drug-likeness (QED) is 0.344. The van der Waals surface area contributed by atoms with Gasteiger partial charge in [0.25, 0.3) is 0 Å². The van der Waals surface area contributed by atoms with Crippen molar-refractivity contribution in [3.8, 4) is 0 Å². The van der Waals surface area contributed by atoms with Gasteiger partial charge in [-0.1, -0.05) is 54.6 Å². The lowest BCUT2D eigenvalue weighted by Gasteiger charge is -2.19. The maximum atomic E-state index is 10.4. The third-order valence-electron chi connectivity index (χ3n) is 5.40. The Morgan fingerprint density at radius 2 is 1.75 bits per heavy atom. The second kappa shape index (κ2) is 11.9. The summed E-state index contributed by atoms with van der Waals surface area (Å²) in [6, 6.07) is 9.98. The Hall–Kier alpha value is -1.79. The van der Waals surface area contributed by atoms with Crippen LogP contribution in [0.5, 0.6) is 0 Å². The van der Waals surface area contributed by atoms with Crippen molar-refractivity contribution < 1.29 is 25.2 Å². The molecule has 0 heterocycles. The topological polar surface area (TPSA) is 98.0 Å². The predicted molar refractivity (Wildman–Crippen MR) is 109 cm³/mol. The number of allylic oxidation sites excluding steroid dienone is 2. The van der Waals surface area contributed by atoms with Crippen LogP contribution in [0.1, 0.15) is 37.7 Å². The van der Waals surface area contributed by atoms with Gasteiger partial charge in [0, 0.05) is 12.3 Å². The van der Waals surface area contributed by atoms with E-state index in [2.05, 4.69) is 0 Å². The molecule has 0 amide bonds. The molecule has 0 saturated heterocycles. The summed E-state index contributed by atoms with van der Waals surface area (Å²) in [5, 5.41) is 40.0. The smallest absolute Gasteiger partial charge is 0.148 e. The molecule has 6 atom stereocenters. The number of aliphatic hydroxyl groups excluding tert-OH is 4. The van der Waals surface area contributed by atoms with Gasteiger partial charge in [0.05, 0.1) is 18.3 Å². The second-order valence-corrected chi connectivity index (χ2v) is 7.58. The summed E-state index contributed by atoms with van der Waals surface area (Å²) in [5.74, 6) is -0.314. The van der Waals surface area contributed by atoms with Crippen LogP contribution in [0.4, 0.5) is 0 Å². The summed E-state index contributed by atoms with van der Waals surface area (Å²) in [5.41, 5.74) is 1.17. The first kappa shape index (κ1) is 22.5. The fraction of sp³-hybridized carbons (Fsp3) is 0.522. The highest BCUT2D eigenvalue weighted by atomic mass is 16.3. The molecule has 1 aromatic carbocycles. The van der Waals surface area contributed by atoms with Gasteiger partial charge < -0.3 is 25.2 Å². The summed E-state index contributed by atoms with van der Waals surface area (Å²) < 4.78 is 0. The molecule has 5 heteroatoms. The van der Waals surface area contributed by atoms with Crippen LogP contribution in [0.15, 0.2) is 54.6 Å². The van der Waals surface area contributed by atoms with Crippen molar-refractivity contribution >= 4 is 6.29 Å². The molecule has 0 aromatic heterocycles. The molecule has 28 heavy (non-hydrogen) atoms. The van der Waals surface area contributed by atoms with Gasteiger partial charge in [-0.25, -0.2) is 0 Å². The van der Waals surface area contributed by atoms with Gasteiger partial charge in [0.15, 0.2) is 0 Å². The second-order valence-electron chi connectivity index (χ2n) is 7.58. The first-order valence-corrected chi connectivity index (χ1v) is 10.1. The third-order valence-corrected chi connectivity index (χ3v) is 5.40. The number of carbonyl (C=O) groups is 1. The van der Waals surface area contributed by atoms with Gasteiger partial charge >= 0.3 is 0 Å². The minimum Gasteiger partial charge on any atom is -0.393 e. The molecule has 1 aromatic rings. The molecule has 154 valence electrons. The molecule has 1 unspecified atom stereocenters. The SMILES string of the molecule is O=CC(O)CC/C=C\C[C@@H]1[C@@H](/C=C/[C@@H](O)CCc2ccccc2)[C@H](O)C[C@@H]1O. The number of rotatable bonds is 11. The first-order valence-electron chi connectivity index (χ1n) is 10.1. The van der Waals surface area contributed by atoms with E-state index in [9.17, 15) is 25.2 Å². The van der Waals surface area contributed by atoms with Crippen molar-refractivity contribution in [2.45, 2.75) is 62.9 Å². The van der Waals surface area contributed by atoms with Crippen LogP contribution in [0.25, 0.3) is 0 Å². The lowest BCUT2D eigenvalue weighted by Crippen LogP contribution is -2.20. The van der Waals surface area contributed by atoms with Crippen molar-refractivity contribution in [3.63, 3.8) is 0 Å². The van der Waals surface area contributed by atoms with Gasteiger partial charge in [-0.05, 0) is 43.6 Å². The standard InChI is InChI=1S/C23H32O5/c24-16-19(26)9-5-2-6-10-20-21(23(28)15-22(20)27)14-13-18(25)12-11-17-7-3-1-4-8-17/h1-4,6-8,13-14,16,18-23,25-28H,5,9-12,15H2/b6-2-,14-13+/t18-,19?,20+,21+,22-,23+/m0/s1. The summed E-state index contributed by atoms with van der Waals surface area (Å²) in [4.78, 5) is 10.4. The molecular formula is C23H32O5. The molecular weight excluding hydrogens is 356 g/mol. The minimum atomic E-state index is -0.934. The van der Waals surface area contributed by atoms with Crippen LogP contribution in [-0.4, -0.2) is 51.1 Å². The average molecular weight is 389 g/mol. The maximum Gasteiger partial charge on any atom is 0.148 e. The fourth-order valence-electron chi connectivity index (χ4n) is 3.72. The number of carbonyl (C=O) groups excluding carboxylic acids is 1. The predicted octanol–water partition coefficient (Wildman–Crippen LogP) is 2.18. The van der Waals surface area contributed by atoms with E-state index in [0.29, 0.717) is 38.4 Å². The molecule has 1 aliphatic carbocycles. The molecule has 1 fully saturated rings. The minimum absolute atomic E-state index is 0.111. The molecule has 1 saturated carbocycles. The molecule has 0 aliphatic heterocycles. The molecule has 0 radical (unpaired) electrons. The zero-order chi connectivity index (χ0) is 20.4. The lowest BCUT2D eigenvalue weighted by atomic mass is 9.89. The summed E-state index contributed by atoms with van der Waals surface area (Å²) in [6.07, 6.45) is 8.46. The van der Waals surface area contributed by atoms with E-state index in [1.165, 1.54) is 5.56 Å². The highest BCUT2D eigenvalue weighted by Crippen LogP contribution is 2.36. The summed E-state index contributed by atoms with van der Waals surface area (Å²) >= 11 is 0. The number of hydrogen-bond acceptors (Lipinski definition) is 5. The highest BCUT2D eigenvalue weighted by molar-refractivity contribution is 5.55. The van der Waals surface area contributed by atoms with E-state index in [0.717, 1.165) is 6.42 Å². The Bertz CT molecular complexity index is 627. The Morgan fingerprint density at radius 1 is 1.00 bits per heavy atom. The third kappa shape index (κ3) is 7.32. The number of aliphatic hydroxyl groups is 4. The molecule has 0 spiro atoms. The molecule has 2 rings (SSSR count). The van der Waals surface area contributed by atoms with Gasteiger partial charge in [0.1, 0.15) is 12.4 Å². The number of benzene rings is 1. The van der Waals surface area contributed by atoms with Crippen LogP contribution in [0.3, 0.4) is 0 Å². The monoisotopic (exact) mass is 388 g/mol. The normalized spacial score (nSPS) is 27.4. The van der Waals surface area contributed by atoms with Crippen LogP contribution in [0.2, 0.25) is 0 Å². The van der Waals surface area contributed by atoms with Crippen molar-refractivity contribution in [2.24, 2.45) is 11.8 Å². The van der Waals surface area contributed by atoms with Crippen LogP contribution in [-0.2, 0) is 11.2 Å². The van der Waals surface area contributed by atoms with E-state index in [1.807, 2.05) is 48.6 Å². The lowest BCUT2D eigenvalue weighted by molar-refractivity contribution is -0.115. The Balaban J connectivity index is 1.83. The first-order chi connectivity index (χ1) is 13.5. The van der Waals surface area contributed by atoms with Crippen LogP contribution in [0, 0.1) is 11.8 Å². The van der Waals surface area contributed by atoms with Gasteiger partial charge in [-0.15, -0.1) is 0 Å². The van der Waals surface area contributed by atoms with E-state index in [-0.39, 0.29) is 11.8 Å². The van der Waals surface area contributed by atoms with Crippen molar-refractivity contribution in [1.29, 1.82) is 0 Å². The Morgan fingerprint density at radius 3 is 2.46 bits per heavy atom. The fourth-order valence-corrected chi connectivity index (χ4v) is 3.72. The van der Waals surface area contributed by atoms with E-state index in [1.54, 1.807) is 6.08 Å². The van der Waals surface area contributed by atoms with Gasteiger partial charge in [-0.3, -0.25) is 0 Å². The average Bonchev–Trinajstić information content (AvgIpc) is 2.97. The molecule has 4 N–H and O–H groups in total. The van der Waals surface area contributed by atoms with Crippen molar-refractivity contribution in [2.75, 3.05) is 0 Å². The molecule has 1 aliphatic rings. The number of aryl methyl sites for hydroxylation is 1. The van der Waals surface area contributed by atoms with Gasteiger partial charge in [-0.2, -0.15) is 0 Å². The number of hydrogen-bond donors (Lipinski definition) is 4.